The number of aromatic nitrogens is 3. The molecule has 3 rings (SSSR count). The van der Waals surface area contributed by atoms with Crippen LogP contribution in [0.3, 0.4) is 0 Å². The number of rotatable bonds is 3. The Bertz CT molecular complexity index is 729. The molecule has 0 fully saturated rings. The molecule has 0 unspecified atom stereocenters. The van der Waals surface area contributed by atoms with Gasteiger partial charge in [0, 0.05) is 0 Å². The zero-order valence-electron chi connectivity index (χ0n) is 11.1. The van der Waals surface area contributed by atoms with Gasteiger partial charge >= 0.3 is 5.97 Å². The molecule has 102 valence electrons. The number of H-pyrrole nitrogens is 1. The Kier molecular flexibility index (Phi) is 3.23. The van der Waals surface area contributed by atoms with Crippen molar-refractivity contribution in [3.63, 3.8) is 0 Å². The van der Waals surface area contributed by atoms with Crippen LogP contribution in [0.2, 0.25) is 0 Å². The largest absolute Gasteiger partial charge is 0.450 e. The summed E-state index contributed by atoms with van der Waals surface area (Å²) in [5.41, 5.74) is 4.12. The van der Waals surface area contributed by atoms with E-state index in [-0.39, 0.29) is 5.97 Å². The molecular weight excluding hydrogens is 274 g/mol. The molecule has 0 radical (unpaired) electrons. The normalized spacial score (nSPS) is 12.5. The average Bonchev–Trinajstić information content (AvgIpc) is 3.04. The third-order valence-electron chi connectivity index (χ3n) is 3.01. The van der Waals surface area contributed by atoms with Crippen molar-refractivity contribution in [1.29, 1.82) is 0 Å². The lowest BCUT2D eigenvalue weighted by Gasteiger charge is -2.09. The first-order chi connectivity index (χ1) is 9.65. The Labute approximate surface area is 119 Å². The predicted octanol–water partition coefficient (Wildman–Crippen LogP) is 3.25. The lowest BCUT2D eigenvalue weighted by Crippen LogP contribution is -2.10. The molecule has 20 heavy (non-hydrogen) atoms. The molecule has 0 aliphatic carbocycles. The molecule has 1 atom stereocenters. The summed E-state index contributed by atoms with van der Waals surface area (Å²) >= 11 is 1.28. The van der Waals surface area contributed by atoms with Crippen LogP contribution in [-0.2, 0) is 4.74 Å². The molecular formula is C14H13N3O2S. The number of para-hydroxylation sites is 2. The minimum Gasteiger partial charge on any atom is -0.450 e. The van der Waals surface area contributed by atoms with Crippen LogP contribution in [-0.4, -0.2) is 20.9 Å². The summed E-state index contributed by atoms with van der Waals surface area (Å²) in [6.45, 7) is 3.59. The number of nitrogens with zero attached hydrogens (tertiary/aromatic N) is 2. The number of benzene rings is 1. The molecule has 3 aromatic rings. The number of carbonyl (C=O) groups is 1. The number of aromatic amines is 1. The van der Waals surface area contributed by atoms with E-state index in [0.29, 0.717) is 16.4 Å². The van der Waals surface area contributed by atoms with Crippen molar-refractivity contribution < 1.29 is 9.53 Å². The van der Waals surface area contributed by atoms with E-state index >= 15 is 0 Å². The van der Waals surface area contributed by atoms with Gasteiger partial charge in [0.15, 0.2) is 6.10 Å². The number of hydrogen-bond acceptors (Lipinski definition) is 5. The topological polar surface area (TPSA) is 67.9 Å². The van der Waals surface area contributed by atoms with Crippen molar-refractivity contribution in [1.82, 2.24) is 15.0 Å². The second-order valence-electron chi connectivity index (χ2n) is 4.45. The van der Waals surface area contributed by atoms with E-state index in [4.69, 9.17) is 4.74 Å². The number of fused-ring (bicyclic) bond motifs is 1. The molecule has 0 saturated carbocycles. The fraction of sp³-hybridized carbons (Fsp3) is 0.214. The third kappa shape index (κ3) is 2.30. The highest BCUT2D eigenvalue weighted by Gasteiger charge is 2.19. The third-order valence-corrected chi connectivity index (χ3v) is 3.92. The lowest BCUT2D eigenvalue weighted by molar-refractivity contribution is 0.0327. The van der Waals surface area contributed by atoms with Crippen LogP contribution >= 0.6 is 11.3 Å². The standard InChI is InChI=1S/C14H13N3O2S/c1-8-12(20-7-15-8)14(18)19-9(2)13-16-10-5-3-4-6-11(10)17-13/h3-7,9H,1-2H3,(H,16,17)/t9-/m1/s1. The zero-order valence-corrected chi connectivity index (χ0v) is 11.9. The van der Waals surface area contributed by atoms with E-state index in [0.717, 1.165) is 11.0 Å². The number of carbonyl (C=O) groups excluding carboxylic acids is 1. The van der Waals surface area contributed by atoms with Crippen molar-refractivity contribution in [2.24, 2.45) is 0 Å². The van der Waals surface area contributed by atoms with E-state index in [1.807, 2.05) is 24.3 Å². The maximum atomic E-state index is 12.0. The van der Waals surface area contributed by atoms with Crippen molar-refractivity contribution in [3.8, 4) is 0 Å². The molecule has 0 amide bonds. The molecule has 0 aliphatic rings. The summed E-state index contributed by atoms with van der Waals surface area (Å²) in [6.07, 6.45) is -0.434. The van der Waals surface area contributed by atoms with Crippen LogP contribution in [0.1, 0.15) is 34.2 Å². The monoisotopic (exact) mass is 287 g/mol. The first kappa shape index (κ1) is 12.8. The lowest BCUT2D eigenvalue weighted by atomic mass is 10.3. The van der Waals surface area contributed by atoms with Gasteiger partial charge in [-0.05, 0) is 26.0 Å². The van der Waals surface area contributed by atoms with Crippen LogP contribution in [0.15, 0.2) is 29.8 Å². The maximum absolute atomic E-state index is 12.0. The predicted molar refractivity (Wildman–Crippen MR) is 76.8 cm³/mol. The molecule has 0 bridgehead atoms. The summed E-state index contributed by atoms with van der Waals surface area (Å²) < 4.78 is 5.43. The quantitative estimate of drug-likeness (QED) is 0.751. The van der Waals surface area contributed by atoms with Crippen LogP contribution in [0.25, 0.3) is 11.0 Å². The Hall–Kier alpha value is -2.21. The summed E-state index contributed by atoms with van der Waals surface area (Å²) in [5, 5.41) is 0. The highest BCUT2D eigenvalue weighted by Crippen LogP contribution is 2.21. The van der Waals surface area contributed by atoms with Gasteiger partial charge in [0.05, 0.1) is 22.2 Å². The Morgan fingerprint density at radius 1 is 1.40 bits per heavy atom. The minimum absolute atomic E-state index is 0.363. The first-order valence-electron chi connectivity index (χ1n) is 6.21. The fourth-order valence-electron chi connectivity index (χ4n) is 1.93. The molecule has 5 nitrogen and oxygen atoms in total. The number of hydrogen-bond donors (Lipinski definition) is 1. The average molecular weight is 287 g/mol. The van der Waals surface area contributed by atoms with Gasteiger partial charge in [0.1, 0.15) is 10.7 Å². The van der Waals surface area contributed by atoms with Crippen LogP contribution in [0, 0.1) is 6.92 Å². The van der Waals surface area contributed by atoms with Crippen LogP contribution in [0.4, 0.5) is 0 Å². The number of nitrogens with one attached hydrogen (secondary N) is 1. The van der Waals surface area contributed by atoms with Crippen molar-refractivity contribution in [2.75, 3.05) is 0 Å². The van der Waals surface area contributed by atoms with Gasteiger partial charge in [-0.2, -0.15) is 0 Å². The van der Waals surface area contributed by atoms with E-state index in [1.54, 1.807) is 19.4 Å². The number of esters is 1. The van der Waals surface area contributed by atoms with Crippen molar-refractivity contribution in [3.05, 3.63) is 46.2 Å². The van der Waals surface area contributed by atoms with Gasteiger partial charge in [0.2, 0.25) is 0 Å². The Morgan fingerprint density at radius 2 is 2.20 bits per heavy atom. The van der Waals surface area contributed by atoms with E-state index in [1.165, 1.54) is 11.3 Å². The van der Waals surface area contributed by atoms with Gasteiger partial charge in [-0.25, -0.2) is 14.8 Å². The van der Waals surface area contributed by atoms with Gasteiger partial charge in [0.25, 0.3) is 0 Å². The summed E-state index contributed by atoms with van der Waals surface area (Å²) in [4.78, 5) is 24.2. The molecule has 0 spiro atoms. The SMILES string of the molecule is Cc1ncsc1C(=O)O[C@H](C)c1nc2ccccc2[nH]1. The smallest absolute Gasteiger partial charge is 0.350 e. The van der Waals surface area contributed by atoms with Crippen LogP contribution in [0.5, 0.6) is 0 Å². The van der Waals surface area contributed by atoms with Crippen molar-refractivity contribution in [2.45, 2.75) is 20.0 Å². The molecule has 2 aromatic heterocycles. The number of thiazole rings is 1. The number of ether oxygens (including phenoxy) is 1. The van der Waals surface area contributed by atoms with Gasteiger partial charge < -0.3 is 9.72 Å². The number of aryl methyl sites for hydroxylation is 1. The highest BCUT2D eigenvalue weighted by molar-refractivity contribution is 7.11. The van der Waals surface area contributed by atoms with Crippen LogP contribution < -0.4 is 0 Å². The molecule has 2 heterocycles. The van der Waals surface area contributed by atoms with E-state index in [2.05, 4.69) is 15.0 Å². The van der Waals surface area contributed by atoms with Gasteiger partial charge in [-0.15, -0.1) is 11.3 Å². The van der Waals surface area contributed by atoms with Gasteiger partial charge in [-0.1, -0.05) is 12.1 Å². The zero-order chi connectivity index (χ0) is 14.1. The van der Waals surface area contributed by atoms with Gasteiger partial charge in [-0.3, -0.25) is 0 Å². The maximum Gasteiger partial charge on any atom is 0.350 e. The summed E-state index contributed by atoms with van der Waals surface area (Å²) in [7, 11) is 0. The second-order valence-corrected chi connectivity index (χ2v) is 5.31. The molecule has 0 aliphatic heterocycles. The fourth-order valence-corrected chi connectivity index (χ4v) is 2.62. The minimum atomic E-state index is -0.434. The number of imidazole rings is 1. The molecule has 1 N–H and O–H groups in total. The molecule has 1 aromatic carbocycles. The second kappa shape index (κ2) is 5.05. The Balaban J connectivity index is 1.80. The molecule has 0 saturated heterocycles. The highest BCUT2D eigenvalue weighted by atomic mass is 32.1. The van der Waals surface area contributed by atoms with E-state index < -0.39 is 6.10 Å². The first-order valence-corrected chi connectivity index (χ1v) is 7.09. The van der Waals surface area contributed by atoms with Crippen molar-refractivity contribution >= 4 is 28.3 Å². The Morgan fingerprint density at radius 3 is 2.90 bits per heavy atom. The summed E-state index contributed by atoms with van der Waals surface area (Å²) in [5.74, 6) is 0.277. The summed E-state index contributed by atoms with van der Waals surface area (Å²) in [6, 6.07) is 7.71. The molecule has 6 heteroatoms. The van der Waals surface area contributed by atoms with E-state index in [9.17, 15) is 4.79 Å².